The van der Waals surface area contributed by atoms with Crippen molar-refractivity contribution in [3.8, 4) is 5.75 Å². The zero-order valence-corrected chi connectivity index (χ0v) is 18.3. The van der Waals surface area contributed by atoms with E-state index >= 15 is 0 Å². The van der Waals surface area contributed by atoms with Crippen LogP contribution in [0.5, 0.6) is 5.75 Å². The molecule has 1 fully saturated rings. The summed E-state index contributed by atoms with van der Waals surface area (Å²) in [5.41, 5.74) is 2.37. The van der Waals surface area contributed by atoms with Gasteiger partial charge in [0, 0.05) is 32.1 Å². The van der Waals surface area contributed by atoms with E-state index < -0.39 is 0 Å². The largest absolute Gasteiger partial charge is 0.497 e. The summed E-state index contributed by atoms with van der Waals surface area (Å²) in [6, 6.07) is 14.1. The van der Waals surface area contributed by atoms with Crippen LogP contribution in [-0.4, -0.2) is 37.0 Å². The van der Waals surface area contributed by atoms with Gasteiger partial charge in [0.25, 0.3) is 0 Å². The number of rotatable bonds is 8. The van der Waals surface area contributed by atoms with Crippen LogP contribution in [0.1, 0.15) is 36.8 Å². The summed E-state index contributed by atoms with van der Waals surface area (Å²) in [4.78, 5) is 14.7. The molecular formula is C23H28Cl2N2O2. The van der Waals surface area contributed by atoms with Crippen molar-refractivity contribution >= 4 is 29.1 Å². The average Bonchev–Trinajstić information content (AvgIpc) is 2.72. The fourth-order valence-electron chi connectivity index (χ4n) is 3.71. The Morgan fingerprint density at radius 1 is 1.10 bits per heavy atom. The van der Waals surface area contributed by atoms with Crippen LogP contribution in [0, 0.1) is 0 Å². The van der Waals surface area contributed by atoms with E-state index in [1.54, 1.807) is 13.2 Å². The van der Waals surface area contributed by atoms with Gasteiger partial charge in [-0.05, 0) is 61.1 Å². The smallest absolute Gasteiger partial charge is 0.220 e. The second-order valence-electron chi connectivity index (χ2n) is 7.57. The molecule has 1 aliphatic heterocycles. The molecule has 6 heteroatoms. The molecule has 0 unspecified atom stereocenters. The summed E-state index contributed by atoms with van der Waals surface area (Å²) in [5.74, 6) is 1.03. The minimum Gasteiger partial charge on any atom is -0.497 e. The van der Waals surface area contributed by atoms with Crippen molar-refractivity contribution in [2.24, 2.45) is 0 Å². The van der Waals surface area contributed by atoms with Crippen molar-refractivity contribution in [3.63, 3.8) is 0 Å². The zero-order valence-electron chi connectivity index (χ0n) is 16.8. The van der Waals surface area contributed by atoms with Crippen LogP contribution in [0.3, 0.4) is 0 Å². The van der Waals surface area contributed by atoms with Crippen LogP contribution >= 0.6 is 23.2 Å². The average molecular weight is 435 g/mol. The first-order valence-electron chi connectivity index (χ1n) is 10.1. The second kappa shape index (κ2) is 10.9. The number of hydrogen-bond donors (Lipinski definition) is 1. The lowest BCUT2D eigenvalue weighted by Crippen LogP contribution is -2.44. The molecule has 29 heavy (non-hydrogen) atoms. The van der Waals surface area contributed by atoms with Crippen molar-refractivity contribution in [3.05, 3.63) is 63.6 Å². The molecule has 0 saturated carbocycles. The van der Waals surface area contributed by atoms with Gasteiger partial charge in [-0.2, -0.15) is 0 Å². The molecule has 0 spiro atoms. The summed E-state index contributed by atoms with van der Waals surface area (Å²) in [5, 5.41) is 4.32. The molecule has 2 aromatic carbocycles. The van der Waals surface area contributed by atoms with E-state index in [9.17, 15) is 4.79 Å². The molecule has 2 aromatic rings. The first-order valence-corrected chi connectivity index (χ1v) is 10.9. The van der Waals surface area contributed by atoms with Gasteiger partial charge in [0.15, 0.2) is 0 Å². The fourth-order valence-corrected chi connectivity index (χ4v) is 4.03. The van der Waals surface area contributed by atoms with Crippen molar-refractivity contribution in [1.29, 1.82) is 0 Å². The van der Waals surface area contributed by atoms with Gasteiger partial charge in [0.2, 0.25) is 5.91 Å². The molecule has 1 aliphatic rings. The van der Waals surface area contributed by atoms with Crippen LogP contribution < -0.4 is 10.1 Å². The second-order valence-corrected chi connectivity index (χ2v) is 8.39. The molecule has 1 saturated heterocycles. The number of hydrogen-bond acceptors (Lipinski definition) is 3. The third-order valence-corrected chi connectivity index (χ3v) is 6.09. The highest BCUT2D eigenvalue weighted by Gasteiger charge is 2.20. The molecule has 1 amide bonds. The standard InChI is InChI=1S/C23H28Cl2N2O2/c1-29-20-6-2-5-18(14-20)16-27-12-10-19(11-13-27)26-23(28)7-3-4-17-8-9-21(24)22(25)15-17/h2,5-6,8-9,14-15,19H,3-4,7,10-13,16H2,1H3,(H,26,28). The van der Waals surface area contributed by atoms with E-state index in [0.717, 1.165) is 56.6 Å². The van der Waals surface area contributed by atoms with Gasteiger partial charge < -0.3 is 10.1 Å². The number of nitrogens with one attached hydrogen (secondary N) is 1. The molecule has 0 atom stereocenters. The number of piperidine rings is 1. The van der Waals surface area contributed by atoms with Gasteiger partial charge in [-0.3, -0.25) is 9.69 Å². The first-order chi connectivity index (χ1) is 14.0. The van der Waals surface area contributed by atoms with Crippen LogP contribution in [0.25, 0.3) is 0 Å². The lowest BCUT2D eigenvalue weighted by atomic mass is 10.0. The highest BCUT2D eigenvalue weighted by molar-refractivity contribution is 6.42. The van der Waals surface area contributed by atoms with E-state index in [-0.39, 0.29) is 11.9 Å². The highest BCUT2D eigenvalue weighted by atomic mass is 35.5. The molecule has 1 N–H and O–H groups in total. The van der Waals surface area contributed by atoms with Crippen molar-refractivity contribution < 1.29 is 9.53 Å². The number of amides is 1. The van der Waals surface area contributed by atoms with Gasteiger partial charge in [-0.15, -0.1) is 0 Å². The third kappa shape index (κ3) is 6.91. The molecule has 0 aliphatic carbocycles. The summed E-state index contributed by atoms with van der Waals surface area (Å²) in [6.45, 7) is 2.90. The zero-order chi connectivity index (χ0) is 20.6. The first kappa shape index (κ1) is 21.9. The number of aryl methyl sites for hydroxylation is 1. The Kier molecular flexibility index (Phi) is 8.22. The number of methoxy groups -OCH3 is 1. The maximum absolute atomic E-state index is 12.3. The molecule has 156 valence electrons. The van der Waals surface area contributed by atoms with Crippen molar-refractivity contribution in [2.75, 3.05) is 20.2 Å². The van der Waals surface area contributed by atoms with Crippen LogP contribution in [0.4, 0.5) is 0 Å². The molecule has 0 bridgehead atoms. The normalized spacial score (nSPS) is 15.3. The van der Waals surface area contributed by atoms with Crippen molar-refractivity contribution in [1.82, 2.24) is 10.2 Å². The van der Waals surface area contributed by atoms with E-state index in [0.29, 0.717) is 16.5 Å². The van der Waals surface area contributed by atoms with Crippen LogP contribution in [-0.2, 0) is 17.8 Å². The Labute approximate surface area is 183 Å². The van der Waals surface area contributed by atoms with Crippen LogP contribution in [0.15, 0.2) is 42.5 Å². The maximum atomic E-state index is 12.3. The molecule has 3 rings (SSSR count). The van der Waals surface area contributed by atoms with E-state index in [4.69, 9.17) is 27.9 Å². The number of nitrogens with zero attached hydrogens (tertiary/aromatic N) is 1. The van der Waals surface area contributed by atoms with Gasteiger partial charge in [-0.25, -0.2) is 0 Å². The number of ether oxygens (including phenoxy) is 1. The number of likely N-dealkylation sites (tertiary alicyclic amines) is 1. The summed E-state index contributed by atoms with van der Waals surface area (Å²) in [7, 11) is 1.69. The quantitative estimate of drug-likeness (QED) is 0.627. The summed E-state index contributed by atoms with van der Waals surface area (Å²) >= 11 is 12.0. The molecule has 0 radical (unpaired) electrons. The Bertz CT molecular complexity index is 820. The van der Waals surface area contributed by atoms with E-state index in [2.05, 4.69) is 22.3 Å². The predicted molar refractivity (Wildman–Crippen MR) is 119 cm³/mol. The minimum atomic E-state index is 0.135. The Balaban J connectivity index is 1.35. The Morgan fingerprint density at radius 3 is 2.62 bits per heavy atom. The third-order valence-electron chi connectivity index (χ3n) is 5.35. The maximum Gasteiger partial charge on any atom is 0.220 e. The van der Waals surface area contributed by atoms with Gasteiger partial charge in [-0.1, -0.05) is 41.4 Å². The SMILES string of the molecule is COc1cccc(CN2CCC(NC(=O)CCCc3ccc(Cl)c(Cl)c3)CC2)c1. The number of halogens is 2. The topological polar surface area (TPSA) is 41.6 Å². The minimum absolute atomic E-state index is 0.135. The number of benzene rings is 2. The lowest BCUT2D eigenvalue weighted by Gasteiger charge is -2.32. The summed E-state index contributed by atoms with van der Waals surface area (Å²) < 4.78 is 5.30. The lowest BCUT2D eigenvalue weighted by molar-refractivity contribution is -0.122. The molecule has 0 aromatic heterocycles. The van der Waals surface area contributed by atoms with Gasteiger partial charge in [0.1, 0.15) is 5.75 Å². The summed E-state index contributed by atoms with van der Waals surface area (Å²) in [6.07, 6.45) is 4.14. The van der Waals surface area contributed by atoms with Crippen molar-refractivity contribution in [2.45, 2.75) is 44.7 Å². The van der Waals surface area contributed by atoms with E-state index in [1.165, 1.54) is 5.56 Å². The molecular weight excluding hydrogens is 407 g/mol. The Hall–Kier alpha value is -1.75. The highest BCUT2D eigenvalue weighted by Crippen LogP contribution is 2.23. The van der Waals surface area contributed by atoms with Gasteiger partial charge in [0.05, 0.1) is 17.2 Å². The van der Waals surface area contributed by atoms with E-state index in [1.807, 2.05) is 24.3 Å². The molecule has 1 heterocycles. The monoisotopic (exact) mass is 434 g/mol. The number of carbonyl (C=O) groups is 1. The van der Waals surface area contributed by atoms with Gasteiger partial charge >= 0.3 is 0 Å². The molecule has 4 nitrogen and oxygen atoms in total. The Morgan fingerprint density at radius 2 is 1.90 bits per heavy atom. The number of carbonyl (C=O) groups excluding carboxylic acids is 1. The fraction of sp³-hybridized carbons (Fsp3) is 0.435. The van der Waals surface area contributed by atoms with Crippen LogP contribution in [0.2, 0.25) is 10.0 Å². The predicted octanol–water partition coefficient (Wildman–Crippen LogP) is 5.11.